The maximum atomic E-state index is 2.24. The molecule has 0 saturated carbocycles. The Hall–Kier alpha value is -1.82. The molecular formula is C17H16. The van der Waals surface area contributed by atoms with Gasteiger partial charge >= 0.3 is 0 Å². The van der Waals surface area contributed by atoms with Crippen LogP contribution in [0.4, 0.5) is 0 Å². The Bertz CT molecular complexity index is 636. The quantitative estimate of drug-likeness (QED) is 0.513. The van der Waals surface area contributed by atoms with Crippen molar-refractivity contribution in [3.8, 4) is 0 Å². The predicted octanol–water partition coefficient (Wildman–Crippen LogP) is 4.86. The zero-order valence-electron chi connectivity index (χ0n) is 10.3. The summed E-state index contributed by atoms with van der Waals surface area (Å²) in [7, 11) is 0. The fourth-order valence-corrected chi connectivity index (χ4v) is 2.82. The Kier molecular flexibility index (Phi) is 2.36. The average molecular weight is 220 g/mol. The van der Waals surface area contributed by atoms with Gasteiger partial charge in [-0.2, -0.15) is 0 Å². The van der Waals surface area contributed by atoms with Crippen LogP contribution in [0.25, 0.3) is 21.5 Å². The minimum Gasteiger partial charge on any atom is -0.0616 e. The van der Waals surface area contributed by atoms with Crippen molar-refractivity contribution in [1.29, 1.82) is 0 Å². The van der Waals surface area contributed by atoms with Crippen molar-refractivity contribution in [2.24, 2.45) is 0 Å². The lowest BCUT2D eigenvalue weighted by Crippen LogP contribution is -1.90. The summed E-state index contributed by atoms with van der Waals surface area (Å²) in [5.74, 6) is 0. The van der Waals surface area contributed by atoms with Crippen LogP contribution in [0, 0.1) is 6.92 Å². The van der Waals surface area contributed by atoms with Gasteiger partial charge in [0.25, 0.3) is 0 Å². The molecule has 17 heavy (non-hydrogen) atoms. The average Bonchev–Trinajstić information content (AvgIpc) is 2.40. The molecular weight excluding hydrogens is 204 g/mol. The SMILES string of the molecule is CCc1c2ccccc2c(C)c2ccccc12. The minimum absolute atomic E-state index is 1.08. The molecule has 0 radical (unpaired) electrons. The van der Waals surface area contributed by atoms with Crippen LogP contribution in [0.15, 0.2) is 48.5 Å². The van der Waals surface area contributed by atoms with Gasteiger partial charge in [-0.1, -0.05) is 55.5 Å². The zero-order valence-corrected chi connectivity index (χ0v) is 10.3. The summed E-state index contributed by atoms with van der Waals surface area (Å²) < 4.78 is 0. The highest BCUT2D eigenvalue weighted by atomic mass is 14.1. The van der Waals surface area contributed by atoms with Gasteiger partial charge in [0.15, 0.2) is 0 Å². The van der Waals surface area contributed by atoms with Crippen LogP contribution in [0.5, 0.6) is 0 Å². The van der Waals surface area contributed by atoms with Gasteiger partial charge in [-0.15, -0.1) is 0 Å². The van der Waals surface area contributed by atoms with E-state index in [0.29, 0.717) is 0 Å². The highest BCUT2D eigenvalue weighted by Gasteiger charge is 2.08. The fourth-order valence-electron chi connectivity index (χ4n) is 2.82. The van der Waals surface area contributed by atoms with Crippen LogP contribution in [-0.4, -0.2) is 0 Å². The Labute approximate surface area is 102 Å². The Morgan fingerprint density at radius 2 is 1.12 bits per heavy atom. The third-order valence-electron chi connectivity index (χ3n) is 3.67. The molecule has 0 unspecified atom stereocenters. The lowest BCUT2D eigenvalue weighted by Gasteiger charge is -2.13. The van der Waals surface area contributed by atoms with E-state index in [2.05, 4.69) is 62.4 Å². The van der Waals surface area contributed by atoms with Crippen LogP contribution in [0.3, 0.4) is 0 Å². The summed E-state index contributed by atoms with van der Waals surface area (Å²) in [6.07, 6.45) is 1.08. The molecule has 0 atom stereocenters. The smallest absolute Gasteiger partial charge is 0.0143 e. The first-order valence-electron chi connectivity index (χ1n) is 6.22. The van der Waals surface area contributed by atoms with Crippen LogP contribution in [0.1, 0.15) is 18.1 Å². The predicted molar refractivity (Wildman–Crippen MR) is 75.6 cm³/mol. The Balaban J connectivity index is 2.63. The van der Waals surface area contributed by atoms with Crippen molar-refractivity contribution >= 4 is 21.5 Å². The van der Waals surface area contributed by atoms with Crippen molar-refractivity contribution in [3.05, 3.63) is 59.7 Å². The highest BCUT2D eigenvalue weighted by Crippen LogP contribution is 2.32. The first-order chi connectivity index (χ1) is 8.33. The van der Waals surface area contributed by atoms with Crippen LogP contribution in [0.2, 0.25) is 0 Å². The second-order valence-electron chi connectivity index (χ2n) is 4.55. The van der Waals surface area contributed by atoms with Crippen molar-refractivity contribution in [3.63, 3.8) is 0 Å². The van der Waals surface area contributed by atoms with E-state index in [0.717, 1.165) is 6.42 Å². The number of fused-ring (bicyclic) bond motifs is 2. The largest absolute Gasteiger partial charge is 0.0616 e. The molecule has 0 bridgehead atoms. The summed E-state index contributed by atoms with van der Waals surface area (Å²) in [4.78, 5) is 0. The molecule has 0 amide bonds. The minimum atomic E-state index is 1.08. The van der Waals surface area contributed by atoms with E-state index in [4.69, 9.17) is 0 Å². The molecule has 0 N–H and O–H groups in total. The van der Waals surface area contributed by atoms with E-state index in [-0.39, 0.29) is 0 Å². The van der Waals surface area contributed by atoms with Gasteiger partial charge in [0, 0.05) is 0 Å². The number of hydrogen-bond donors (Lipinski definition) is 0. The molecule has 3 aromatic carbocycles. The van der Waals surface area contributed by atoms with E-state index in [1.807, 2.05) is 0 Å². The number of hydrogen-bond acceptors (Lipinski definition) is 0. The first-order valence-corrected chi connectivity index (χ1v) is 6.22. The van der Waals surface area contributed by atoms with Gasteiger partial charge in [-0.05, 0) is 46.0 Å². The van der Waals surface area contributed by atoms with E-state index in [1.165, 1.54) is 32.7 Å². The maximum absolute atomic E-state index is 2.24. The van der Waals surface area contributed by atoms with Gasteiger partial charge in [0.1, 0.15) is 0 Å². The molecule has 0 aliphatic rings. The molecule has 0 aromatic heterocycles. The number of benzene rings is 3. The monoisotopic (exact) mass is 220 g/mol. The molecule has 3 aromatic rings. The van der Waals surface area contributed by atoms with Gasteiger partial charge in [0.05, 0.1) is 0 Å². The lowest BCUT2D eigenvalue weighted by atomic mass is 9.91. The summed E-state index contributed by atoms with van der Waals surface area (Å²) in [5.41, 5.74) is 2.87. The van der Waals surface area contributed by atoms with Crippen molar-refractivity contribution < 1.29 is 0 Å². The van der Waals surface area contributed by atoms with Gasteiger partial charge in [0.2, 0.25) is 0 Å². The first kappa shape index (κ1) is 10.3. The number of aryl methyl sites for hydroxylation is 2. The third kappa shape index (κ3) is 1.44. The van der Waals surface area contributed by atoms with Gasteiger partial charge < -0.3 is 0 Å². The molecule has 0 heterocycles. The molecule has 0 nitrogen and oxygen atoms in total. The Morgan fingerprint density at radius 3 is 1.53 bits per heavy atom. The summed E-state index contributed by atoms with van der Waals surface area (Å²) in [5, 5.41) is 5.60. The second-order valence-corrected chi connectivity index (χ2v) is 4.55. The van der Waals surface area contributed by atoms with E-state index in [1.54, 1.807) is 0 Å². The zero-order chi connectivity index (χ0) is 11.8. The standard InChI is InChI=1S/C17H16/c1-3-13-16-10-6-4-8-14(16)12(2)15-9-5-7-11-17(13)15/h4-11H,3H2,1-2H3. The Morgan fingerprint density at radius 1 is 0.706 bits per heavy atom. The fraction of sp³-hybridized carbons (Fsp3) is 0.176. The summed E-state index contributed by atoms with van der Waals surface area (Å²) in [6.45, 7) is 4.47. The molecule has 0 aliphatic heterocycles. The van der Waals surface area contributed by atoms with Crippen molar-refractivity contribution in [2.45, 2.75) is 20.3 Å². The van der Waals surface area contributed by atoms with Crippen molar-refractivity contribution in [2.75, 3.05) is 0 Å². The van der Waals surface area contributed by atoms with Gasteiger partial charge in [-0.3, -0.25) is 0 Å². The molecule has 0 heteroatoms. The molecule has 0 aliphatic carbocycles. The van der Waals surface area contributed by atoms with Crippen LogP contribution in [-0.2, 0) is 6.42 Å². The molecule has 3 rings (SSSR count). The molecule has 84 valence electrons. The topological polar surface area (TPSA) is 0 Å². The molecule has 0 spiro atoms. The number of rotatable bonds is 1. The second kappa shape index (κ2) is 3.89. The van der Waals surface area contributed by atoms with Gasteiger partial charge in [-0.25, -0.2) is 0 Å². The molecule has 0 fully saturated rings. The third-order valence-corrected chi connectivity index (χ3v) is 3.67. The molecule has 0 saturated heterocycles. The lowest BCUT2D eigenvalue weighted by molar-refractivity contribution is 1.18. The summed E-state index contributed by atoms with van der Waals surface area (Å²) in [6, 6.07) is 17.5. The van der Waals surface area contributed by atoms with E-state index >= 15 is 0 Å². The van der Waals surface area contributed by atoms with Crippen LogP contribution < -0.4 is 0 Å². The van der Waals surface area contributed by atoms with E-state index in [9.17, 15) is 0 Å². The normalized spacial score (nSPS) is 11.2. The maximum Gasteiger partial charge on any atom is -0.0143 e. The summed E-state index contributed by atoms with van der Waals surface area (Å²) >= 11 is 0. The van der Waals surface area contributed by atoms with Crippen LogP contribution >= 0.6 is 0 Å². The highest BCUT2D eigenvalue weighted by molar-refractivity contribution is 6.05. The van der Waals surface area contributed by atoms with E-state index < -0.39 is 0 Å². The van der Waals surface area contributed by atoms with Crippen molar-refractivity contribution in [1.82, 2.24) is 0 Å².